The van der Waals surface area contributed by atoms with Crippen molar-refractivity contribution in [3.63, 3.8) is 0 Å². The fourth-order valence-electron chi connectivity index (χ4n) is 2.72. The lowest BCUT2D eigenvalue weighted by Gasteiger charge is -2.17. The highest BCUT2D eigenvalue weighted by atomic mass is 32.2. The second-order valence-corrected chi connectivity index (χ2v) is 8.01. The molecule has 126 valence electrons. The Morgan fingerprint density at radius 2 is 1.83 bits per heavy atom. The number of sulfone groups is 1. The summed E-state index contributed by atoms with van der Waals surface area (Å²) >= 11 is 0. The van der Waals surface area contributed by atoms with E-state index in [1.807, 2.05) is 31.2 Å². The van der Waals surface area contributed by atoms with Gasteiger partial charge in [0.05, 0.1) is 10.9 Å². The molecule has 1 N–H and O–H groups in total. The summed E-state index contributed by atoms with van der Waals surface area (Å²) < 4.78 is 28.7. The summed E-state index contributed by atoms with van der Waals surface area (Å²) in [5.41, 5.74) is 1.87. The van der Waals surface area contributed by atoms with Gasteiger partial charge in [-0.25, -0.2) is 8.42 Å². The van der Waals surface area contributed by atoms with Crippen molar-refractivity contribution < 1.29 is 17.9 Å². The average Bonchev–Trinajstić information content (AvgIpc) is 2.98. The highest BCUT2D eigenvalue weighted by Crippen LogP contribution is 2.28. The predicted molar refractivity (Wildman–Crippen MR) is 90.7 cm³/mol. The number of benzene rings is 2. The Hall–Kier alpha value is -2.34. The highest BCUT2D eigenvalue weighted by molar-refractivity contribution is 7.90. The summed E-state index contributed by atoms with van der Waals surface area (Å²) in [6, 6.07) is 13.9. The predicted octanol–water partition coefficient (Wildman–Crippen LogP) is 2.27. The van der Waals surface area contributed by atoms with Gasteiger partial charge in [0.2, 0.25) is 0 Å². The van der Waals surface area contributed by atoms with Gasteiger partial charge in [0.15, 0.2) is 15.9 Å². The van der Waals surface area contributed by atoms with E-state index in [0.29, 0.717) is 6.42 Å². The SMILES string of the molecule is CC(NC(=O)C1Cc2ccccc2O1)c1ccc(S(C)(=O)=O)cc1. The molecule has 24 heavy (non-hydrogen) atoms. The molecule has 0 aromatic heterocycles. The number of ether oxygens (including phenoxy) is 1. The molecule has 6 heteroatoms. The van der Waals surface area contributed by atoms with Gasteiger partial charge in [-0.2, -0.15) is 0 Å². The molecule has 1 heterocycles. The molecule has 2 unspecified atom stereocenters. The Balaban J connectivity index is 1.65. The lowest BCUT2D eigenvalue weighted by atomic mass is 10.1. The lowest BCUT2D eigenvalue weighted by molar-refractivity contribution is -0.127. The van der Waals surface area contributed by atoms with Gasteiger partial charge in [-0.05, 0) is 36.2 Å². The summed E-state index contributed by atoms with van der Waals surface area (Å²) in [7, 11) is -3.22. The first kappa shape index (κ1) is 16.5. The molecule has 0 aliphatic carbocycles. The van der Waals surface area contributed by atoms with Crippen LogP contribution >= 0.6 is 0 Å². The van der Waals surface area contributed by atoms with Crippen molar-refractivity contribution in [3.05, 3.63) is 59.7 Å². The summed E-state index contributed by atoms with van der Waals surface area (Å²) in [4.78, 5) is 12.7. The molecular formula is C18H19NO4S. The van der Waals surface area contributed by atoms with Crippen LogP contribution in [-0.4, -0.2) is 26.7 Å². The van der Waals surface area contributed by atoms with Crippen molar-refractivity contribution in [1.82, 2.24) is 5.32 Å². The Labute approximate surface area is 141 Å². The normalized spacial score (nSPS) is 17.7. The minimum Gasteiger partial charge on any atom is -0.480 e. The van der Waals surface area contributed by atoms with Gasteiger partial charge in [0.25, 0.3) is 5.91 Å². The van der Waals surface area contributed by atoms with Gasteiger partial charge in [-0.1, -0.05) is 30.3 Å². The fourth-order valence-corrected chi connectivity index (χ4v) is 3.35. The molecule has 5 nitrogen and oxygen atoms in total. The number of para-hydroxylation sites is 1. The van der Waals surface area contributed by atoms with Crippen LogP contribution in [0.2, 0.25) is 0 Å². The summed E-state index contributed by atoms with van der Waals surface area (Å²) in [6.45, 7) is 1.86. The molecule has 0 spiro atoms. The molecule has 0 radical (unpaired) electrons. The Morgan fingerprint density at radius 3 is 2.46 bits per heavy atom. The van der Waals surface area contributed by atoms with Crippen molar-refractivity contribution in [2.75, 3.05) is 6.26 Å². The maximum absolute atomic E-state index is 12.4. The Bertz CT molecular complexity index is 834. The molecule has 0 saturated carbocycles. The number of amides is 1. The van der Waals surface area contributed by atoms with E-state index in [1.54, 1.807) is 24.3 Å². The van der Waals surface area contributed by atoms with Crippen LogP contribution in [0.5, 0.6) is 5.75 Å². The van der Waals surface area contributed by atoms with Crippen molar-refractivity contribution >= 4 is 15.7 Å². The van der Waals surface area contributed by atoms with Crippen molar-refractivity contribution in [3.8, 4) is 5.75 Å². The van der Waals surface area contributed by atoms with Crippen molar-refractivity contribution in [2.24, 2.45) is 0 Å². The molecule has 2 atom stereocenters. The summed E-state index contributed by atoms with van der Waals surface area (Å²) in [6.07, 6.45) is 1.20. The second-order valence-electron chi connectivity index (χ2n) is 5.99. The zero-order valence-electron chi connectivity index (χ0n) is 13.5. The van der Waals surface area contributed by atoms with Crippen LogP contribution < -0.4 is 10.1 Å². The number of rotatable bonds is 4. The number of carbonyl (C=O) groups is 1. The fraction of sp³-hybridized carbons (Fsp3) is 0.278. The third kappa shape index (κ3) is 3.43. The summed E-state index contributed by atoms with van der Waals surface area (Å²) in [5, 5.41) is 2.92. The number of nitrogens with one attached hydrogen (secondary N) is 1. The van der Waals surface area contributed by atoms with Gasteiger partial charge < -0.3 is 10.1 Å². The average molecular weight is 345 g/mol. The zero-order chi connectivity index (χ0) is 17.3. The van der Waals surface area contributed by atoms with E-state index in [2.05, 4.69) is 5.32 Å². The minimum atomic E-state index is -3.22. The third-order valence-corrected chi connectivity index (χ3v) is 5.24. The molecule has 1 aliphatic rings. The van der Waals surface area contributed by atoms with Gasteiger partial charge >= 0.3 is 0 Å². The number of hydrogen-bond donors (Lipinski definition) is 1. The Morgan fingerprint density at radius 1 is 1.17 bits per heavy atom. The molecule has 1 aliphatic heterocycles. The number of hydrogen-bond acceptors (Lipinski definition) is 4. The lowest BCUT2D eigenvalue weighted by Crippen LogP contribution is -2.38. The van der Waals surface area contributed by atoms with E-state index >= 15 is 0 Å². The monoisotopic (exact) mass is 345 g/mol. The maximum atomic E-state index is 12.4. The van der Waals surface area contributed by atoms with E-state index in [4.69, 9.17) is 4.74 Å². The second kappa shape index (κ2) is 6.28. The first-order chi connectivity index (χ1) is 11.3. The van der Waals surface area contributed by atoms with Crippen LogP contribution in [0.4, 0.5) is 0 Å². The largest absolute Gasteiger partial charge is 0.480 e. The number of fused-ring (bicyclic) bond motifs is 1. The first-order valence-corrected chi connectivity index (χ1v) is 9.58. The van der Waals surface area contributed by atoms with Crippen LogP contribution in [-0.2, 0) is 21.1 Å². The van der Waals surface area contributed by atoms with E-state index in [-0.39, 0.29) is 16.8 Å². The molecule has 2 aromatic rings. The van der Waals surface area contributed by atoms with Crippen molar-refractivity contribution in [2.45, 2.75) is 30.4 Å². The standard InChI is InChI=1S/C18H19NO4S/c1-12(13-7-9-15(10-8-13)24(2,21)22)19-18(20)17-11-14-5-3-4-6-16(14)23-17/h3-10,12,17H,11H2,1-2H3,(H,19,20). The van der Waals surface area contributed by atoms with Gasteiger partial charge in [-0.3, -0.25) is 4.79 Å². The van der Waals surface area contributed by atoms with Crippen LogP contribution in [0.25, 0.3) is 0 Å². The zero-order valence-corrected chi connectivity index (χ0v) is 14.3. The number of carbonyl (C=O) groups excluding carboxylic acids is 1. The first-order valence-electron chi connectivity index (χ1n) is 7.69. The van der Waals surface area contributed by atoms with Gasteiger partial charge in [-0.15, -0.1) is 0 Å². The molecule has 0 fully saturated rings. The molecule has 2 aromatic carbocycles. The quantitative estimate of drug-likeness (QED) is 0.923. The van der Waals surface area contributed by atoms with Crippen LogP contribution in [0, 0.1) is 0 Å². The molecule has 1 amide bonds. The van der Waals surface area contributed by atoms with E-state index in [9.17, 15) is 13.2 Å². The smallest absolute Gasteiger partial charge is 0.261 e. The highest BCUT2D eigenvalue weighted by Gasteiger charge is 2.29. The van der Waals surface area contributed by atoms with Crippen LogP contribution in [0.15, 0.2) is 53.4 Å². The van der Waals surface area contributed by atoms with Gasteiger partial charge in [0.1, 0.15) is 5.75 Å². The van der Waals surface area contributed by atoms with E-state index in [1.165, 1.54) is 6.26 Å². The minimum absolute atomic E-state index is 0.175. The molecular weight excluding hydrogens is 326 g/mol. The molecule has 0 saturated heterocycles. The Kier molecular flexibility index (Phi) is 4.32. The summed E-state index contributed by atoms with van der Waals surface area (Å²) in [5.74, 6) is 0.577. The molecule has 0 bridgehead atoms. The van der Waals surface area contributed by atoms with Gasteiger partial charge in [0, 0.05) is 12.7 Å². The topological polar surface area (TPSA) is 72.5 Å². The third-order valence-electron chi connectivity index (χ3n) is 4.11. The molecule has 3 rings (SSSR count). The van der Waals surface area contributed by atoms with E-state index in [0.717, 1.165) is 16.9 Å². The van der Waals surface area contributed by atoms with Crippen molar-refractivity contribution in [1.29, 1.82) is 0 Å². The van der Waals surface area contributed by atoms with E-state index < -0.39 is 15.9 Å². The van der Waals surface area contributed by atoms with Crippen LogP contribution in [0.1, 0.15) is 24.1 Å². The maximum Gasteiger partial charge on any atom is 0.261 e. The van der Waals surface area contributed by atoms with Crippen LogP contribution in [0.3, 0.4) is 0 Å².